The molecule has 0 fully saturated rings. The van der Waals surface area contributed by atoms with Crippen molar-refractivity contribution in [3.63, 3.8) is 0 Å². The smallest absolute Gasteiger partial charge is 0.0497 e. The first-order valence-corrected chi connectivity index (χ1v) is 5.88. The number of rotatable bonds is 1. The third-order valence-electron chi connectivity index (χ3n) is 2.83. The van der Waals surface area contributed by atoms with E-state index in [2.05, 4.69) is 24.3 Å². The van der Waals surface area contributed by atoms with Gasteiger partial charge in [-0.25, -0.2) is 0 Å². The summed E-state index contributed by atoms with van der Waals surface area (Å²) >= 11 is 6.12. The number of halogens is 1. The third kappa shape index (κ3) is 1.92. The molecule has 17 heavy (non-hydrogen) atoms. The summed E-state index contributed by atoms with van der Waals surface area (Å²) in [7, 11) is 0. The van der Waals surface area contributed by atoms with Gasteiger partial charge in [-0.15, -0.1) is 0 Å². The minimum atomic E-state index is 0.655. The van der Waals surface area contributed by atoms with Gasteiger partial charge in [-0.1, -0.05) is 66.2 Å². The lowest BCUT2D eigenvalue weighted by atomic mass is 9.98. The van der Waals surface area contributed by atoms with Crippen molar-refractivity contribution in [2.45, 2.75) is 0 Å². The zero-order chi connectivity index (χ0) is 11.7. The van der Waals surface area contributed by atoms with Crippen molar-refractivity contribution < 1.29 is 0 Å². The quantitative estimate of drug-likeness (QED) is 0.561. The van der Waals surface area contributed by atoms with Gasteiger partial charge in [-0.05, 0) is 28.0 Å². The van der Waals surface area contributed by atoms with Gasteiger partial charge in [0.2, 0.25) is 0 Å². The molecule has 0 amide bonds. The molecule has 0 aliphatic rings. The standard InChI is InChI=1S/C16H10Cl/c17-14-10-13-8-4-5-9-15(13)16(11-14)12-6-2-1-3-7-12/h1-9,11H. The molecule has 3 aromatic carbocycles. The fourth-order valence-electron chi connectivity index (χ4n) is 2.05. The monoisotopic (exact) mass is 237 g/mol. The topological polar surface area (TPSA) is 0 Å². The van der Waals surface area contributed by atoms with E-state index in [4.69, 9.17) is 11.6 Å². The van der Waals surface area contributed by atoms with Crippen LogP contribution in [0.4, 0.5) is 0 Å². The molecule has 0 aliphatic heterocycles. The first-order valence-electron chi connectivity index (χ1n) is 5.50. The Bertz CT molecular complexity index is 657. The zero-order valence-corrected chi connectivity index (χ0v) is 9.91. The van der Waals surface area contributed by atoms with E-state index in [1.54, 1.807) is 0 Å². The molecule has 0 N–H and O–H groups in total. The van der Waals surface area contributed by atoms with Crippen molar-refractivity contribution in [3.8, 4) is 11.1 Å². The maximum absolute atomic E-state index is 6.12. The van der Waals surface area contributed by atoms with Gasteiger partial charge in [0.1, 0.15) is 0 Å². The van der Waals surface area contributed by atoms with Crippen LogP contribution in [0.3, 0.4) is 0 Å². The van der Waals surface area contributed by atoms with Gasteiger partial charge in [0.25, 0.3) is 0 Å². The van der Waals surface area contributed by atoms with Gasteiger partial charge >= 0.3 is 0 Å². The van der Waals surface area contributed by atoms with Gasteiger partial charge in [-0.2, -0.15) is 0 Å². The summed E-state index contributed by atoms with van der Waals surface area (Å²) in [6, 6.07) is 23.6. The summed E-state index contributed by atoms with van der Waals surface area (Å²) in [5.74, 6) is 0. The van der Waals surface area contributed by atoms with Crippen LogP contribution in [0.25, 0.3) is 21.9 Å². The Morgan fingerprint density at radius 1 is 0.824 bits per heavy atom. The molecule has 0 aliphatic carbocycles. The van der Waals surface area contributed by atoms with Crippen LogP contribution in [0.2, 0.25) is 5.02 Å². The Hall–Kier alpha value is -1.79. The van der Waals surface area contributed by atoms with Crippen LogP contribution in [-0.2, 0) is 0 Å². The van der Waals surface area contributed by atoms with Gasteiger partial charge in [0, 0.05) is 11.1 Å². The van der Waals surface area contributed by atoms with Gasteiger partial charge in [0.05, 0.1) is 0 Å². The average Bonchev–Trinajstić information content (AvgIpc) is 2.39. The van der Waals surface area contributed by atoms with E-state index in [-0.39, 0.29) is 0 Å². The van der Waals surface area contributed by atoms with Crippen LogP contribution >= 0.6 is 11.6 Å². The Morgan fingerprint density at radius 2 is 1.53 bits per heavy atom. The van der Waals surface area contributed by atoms with Crippen molar-refractivity contribution in [2.24, 2.45) is 0 Å². The van der Waals surface area contributed by atoms with E-state index in [1.807, 2.05) is 42.5 Å². The first kappa shape index (κ1) is 10.4. The lowest BCUT2D eigenvalue weighted by Crippen LogP contribution is -1.81. The number of benzene rings is 3. The Balaban J connectivity index is 2.36. The Kier molecular flexibility index (Phi) is 2.58. The SMILES string of the molecule is Clc1[c]c2ccccc2c(-c2ccccc2)c1. The van der Waals surface area contributed by atoms with E-state index < -0.39 is 0 Å². The molecule has 81 valence electrons. The highest BCUT2D eigenvalue weighted by Crippen LogP contribution is 2.31. The highest BCUT2D eigenvalue weighted by Gasteiger charge is 2.05. The number of fused-ring (bicyclic) bond motifs is 1. The molecular formula is C16H10Cl. The van der Waals surface area contributed by atoms with E-state index >= 15 is 0 Å². The first-order chi connectivity index (χ1) is 8.34. The summed E-state index contributed by atoms with van der Waals surface area (Å²) < 4.78 is 0. The lowest BCUT2D eigenvalue weighted by molar-refractivity contribution is 1.65. The van der Waals surface area contributed by atoms with Crippen molar-refractivity contribution in [1.29, 1.82) is 0 Å². The highest BCUT2D eigenvalue weighted by atomic mass is 35.5. The molecule has 0 spiro atoms. The molecule has 0 heterocycles. The van der Waals surface area contributed by atoms with Crippen molar-refractivity contribution in [3.05, 3.63) is 71.8 Å². The molecule has 0 aromatic heterocycles. The molecule has 0 saturated heterocycles. The second-order valence-corrected chi connectivity index (χ2v) is 4.35. The normalized spacial score (nSPS) is 10.6. The van der Waals surface area contributed by atoms with E-state index in [1.165, 1.54) is 10.9 Å². The van der Waals surface area contributed by atoms with E-state index in [9.17, 15) is 0 Å². The van der Waals surface area contributed by atoms with Gasteiger partial charge in [0.15, 0.2) is 0 Å². The predicted octanol–water partition coefficient (Wildman–Crippen LogP) is 4.96. The van der Waals surface area contributed by atoms with Crippen LogP contribution in [-0.4, -0.2) is 0 Å². The van der Waals surface area contributed by atoms with Crippen molar-refractivity contribution >= 4 is 22.4 Å². The van der Waals surface area contributed by atoms with Crippen molar-refractivity contribution in [1.82, 2.24) is 0 Å². The molecule has 0 bridgehead atoms. The molecule has 0 nitrogen and oxygen atoms in total. The van der Waals surface area contributed by atoms with Crippen LogP contribution in [0.5, 0.6) is 0 Å². The molecular weight excluding hydrogens is 228 g/mol. The minimum Gasteiger partial charge on any atom is -0.0836 e. The van der Waals surface area contributed by atoms with Gasteiger partial charge in [-0.3, -0.25) is 0 Å². The van der Waals surface area contributed by atoms with Crippen LogP contribution in [0.15, 0.2) is 60.7 Å². The number of hydrogen-bond acceptors (Lipinski definition) is 0. The van der Waals surface area contributed by atoms with Gasteiger partial charge < -0.3 is 0 Å². The molecule has 3 aromatic rings. The predicted molar refractivity (Wildman–Crippen MR) is 73.2 cm³/mol. The summed E-state index contributed by atoms with van der Waals surface area (Å²) in [5.41, 5.74) is 2.34. The second kappa shape index (κ2) is 4.23. The molecule has 3 rings (SSSR count). The summed E-state index contributed by atoms with van der Waals surface area (Å²) in [4.78, 5) is 0. The average molecular weight is 238 g/mol. The summed E-state index contributed by atoms with van der Waals surface area (Å²) in [5, 5.41) is 2.89. The van der Waals surface area contributed by atoms with E-state index in [0.29, 0.717) is 5.02 Å². The minimum absolute atomic E-state index is 0.655. The third-order valence-corrected chi connectivity index (χ3v) is 3.03. The maximum atomic E-state index is 6.12. The Morgan fingerprint density at radius 3 is 2.35 bits per heavy atom. The number of hydrogen-bond donors (Lipinski definition) is 0. The van der Waals surface area contributed by atoms with Crippen LogP contribution in [0, 0.1) is 6.07 Å². The largest absolute Gasteiger partial charge is 0.0836 e. The zero-order valence-electron chi connectivity index (χ0n) is 9.15. The fourth-order valence-corrected chi connectivity index (χ4v) is 2.26. The van der Waals surface area contributed by atoms with Crippen LogP contribution < -0.4 is 0 Å². The van der Waals surface area contributed by atoms with Crippen molar-refractivity contribution in [2.75, 3.05) is 0 Å². The summed E-state index contributed by atoms with van der Waals surface area (Å²) in [6.07, 6.45) is 0. The Labute approximate surface area is 105 Å². The molecule has 0 unspecified atom stereocenters. The fraction of sp³-hybridized carbons (Fsp3) is 0. The highest BCUT2D eigenvalue weighted by molar-refractivity contribution is 6.31. The molecule has 1 heteroatoms. The maximum Gasteiger partial charge on any atom is 0.0497 e. The second-order valence-electron chi connectivity index (χ2n) is 3.94. The molecule has 0 saturated carbocycles. The lowest BCUT2D eigenvalue weighted by Gasteiger charge is -2.07. The van der Waals surface area contributed by atoms with Crippen LogP contribution in [0.1, 0.15) is 0 Å². The summed E-state index contributed by atoms with van der Waals surface area (Å²) in [6.45, 7) is 0. The molecule has 1 radical (unpaired) electrons. The van der Waals surface area contributed by atoms with E-state index in [0.717, 1.165) is 10.9 Å². The molecule has 0 atom stereocenters.